The van der Waals surface area contributed by atoms with Crippen molar-refractivity contribution in [3.63, 3.8) is 0 Å². The largest absolute Gasteiger partial charge is 0.362 e. The van der Waals surface area contributed by atoms with Gasteiger partial charge in [-0.1, -0.05) is 30.3 Å². The minimum atomic E-state index is -0.428. The molecule has 0 aromatic heterocycles. The molecule has 0 atom stereocenters. The van der Waals surface area contributed by atoms with Crippen LogP contribution in [0.4, 0.5) is 11.4 Å². The number of hydrogen-bond acceptors (Lipinski definition) is 6. The Hall–Kier alpha value is -3.46. The first kappa shape index (κ1) is 22.7. The van der Waals surface area contributed by atoms with E-state index in [4.69, 9.17) is 0 Å². The molecule has 0 radical (unpaired) electrons. The molecule has 0 aliphatic carbocycles. The maximum atomic E-state index is 12.9. The SMILES string of the molecule is O=C(Cc1ccccc1)N1CCN(c2ccc(C(=O)N3CCCNCC3)cc2[N+](=O)[O-])CC1. The molecule has 174 valence electrons. The Morgan fingerprint density at radius 1 is 0.909 bits per heavy atom. The van der Waals surface area contributed by atoms with E-state index in [1.54, 1.807) is 21.9 Å². The summed E-state index contributed by atoms with van der Waals surface area (Å²) < 4.78 is 0. The van der Waals surface area contributed by atoms with Crippen molar-refractivity contribution in [2.24, 2.45) is 0 Å². The maximum absolute atomic E-state index is 12.9. The van der Waals surface area contributed by atoms with Crippen LogP contribution in [-0.2, 0) is 11.2 Å². The summed E-state index contributed by atoms with van der Waals surface area (Å²) in [5, 5.41) is 15.1. The van der Waals surface area contributed by atoms with Crippen molar-refractivity contribution in [3.8, 4) is 0 Å². The van der Waals surface area contributed by atoms with Crippen LogP contribution >= 0.6 is 0 Å². The summed E-state index contributed by atoms with van der Waals surface area (Å²) in [6.45, 7) is 4.84. The van der Waals surface area contributed by atoms with Crippen LogP contribution in [0, 0.1) is 10.1 Å². The molecule has 2 amide bonds. The van der Waals surface area contributed by atoms with E-state index in [1.165, 1.54) is 6.07 Å². The third-order valence-electron chi connectivity index (χ3n) is 6.22. The van der Waals surface area contributed by atoms with Gasteiger partial charge in [-0.2, -0.15) is 0 Å². The fourth-order valence-electron chi connectivity index (χ4n) is 4.38. The molecule has 0 spiro atoms. The van der Waals surface area contributed by atoms with Gasteiger partial charge in [-0.25, -0.2) is 0 Å². The molecule has 2 heterocycles. The molecule has 2 aliphatic rings. The van der Waals surface area contributed by atoms with Crippen LogP contribution in [-0.4, -0.2) is 78.9 Å². The highest BCUT2D eigenvalue weighted by Crippen LogP contribution is 2.30. The highest BCUT2D eigenvalue weighted by molar-refractivity contribution is 5.96. The molecule has 4 rings (SSSR count). The topological polar surface area (TPSA) is 99.0 Å². The standard InChI is InChI=1S/C24H29N5O4/c30-23(17-19-5-2-1-3-6-19)27-15-13-26(14-16-27)21-8-7-20(18-22(21)29(32)33)24(31)28-11-4-9-25-10-12-28/h1-3,5-8,18,25H,4,9-17H2. The number of nitrogens with zero attached hydrogens (tertiary/aromatic N) is 4. The number of hydrogen-bond donors (Lipinski definition) is 1. The molecule has 2 aliphatic heterocycles. The van der Waals surface area contributed by atoms with E-state index < -0.39 is 4.92 Å². The molecule has 33 heavy (non-hydrogen) atoms. The Labute approximate surface area is 193 Å². The van der Waals surface area contributed by atoms with E-state index in [0.717, 1.165) is 25.1 Å². The monoisotopic (exact) mass is 451 g/mol. The second kappa shape index (κ2) is 10.4. The van der Waals surface area contributed by atoms with Gasteiger partial charge in [0.05, 0.1) is 11.3 Å². The molecule has 2 saturated heterocycles. The third kappa shape index (κ3) is 5.48. The van der Waals surface area contributed by atoms with E-state index >= 15 is 0 Å². The minimum absolute atomic E-state index is 0.0586. The number of carbonyl (C=O) groups is 2. The summed E-state index contributed by atoms with van der Waals surface area (Å²) >= 11 is 0. The summed E-state index contributed by atoms with van der Waals surface area (Å²) in [4.78, 5) is 42.4. The van der Waals surface area contributed by atoms with Crippen LogP contribution < -0.4 is 10.2 Å². The highest BCUT2D eigenvalue weighted by Gasteiger charge is 2.28. The number of nitro groups is 1. The lowest BCUT2D eigenvalue weighted by Crippen LogP contribution is -2.49. The maximum Gasteiger partial charge on any atom is 0.293 e. The first-order chi connectivity index (χ1) is 16.0. The lowest BCUT2D eigenvalue weighted by atomic mass is 10.1. The Kier molecular flexibility index (Phi) is 7.19. The van der Waals surface area contributed by atoms with Gasteiger partial charge in [0.1, 0.15) is 5.69 Å². The van der Waals surface area contributed by atoms with Gasteiger partial charge in [-0.15, -0.1) is 0 Å². The zero-order chi connectivity index (χ0) is 23.2. The number of carbonyl (C=O) groups excluding carboxylic acids is 2. The van der Waals surface area contributed by atoms with E-state index in [9.17, 15) is 19.7 Å². The second-order valence-corrected chi connectivity index (χ2v) is 8.39. The van der Waals surface area contributed by atoms with Crippen molar-refractivity contribution in [2.75, 3.05) is 57.3 Å². The number of benzene rings is 2. The van der Waals surface area contributed by atoms with Gasteiger partial charge in [0.25, 0.3) is 11.6 Å². The number of nitrogens with one attached hydrogen (secondary N) is 1. The molecule has 2 aromatic carbocycles. The van der Waals surface area contributed by atoms with E-state index in [1.807, 2.05) is 35.2 Å². The number of piperazine rings is 1. The van der Waals surface area contributed by atoms with Crippen LogP contribution in [0.25, 0.3) is 0 Å². The predicted octanol–water partition coefficient (Wildman–Crippen LogP) is 1.92. The highest BCUT2D eigenvalue weighted by atomic mass is 16.6. The Morgan fingerprint density at radius 2 is 1.67 bits per heavy atom. The lowest BCUT2D eigenvalue weighted by molar-refractivity contribution is -0.384. The molecular weight excluding hydrogens is 422 g/mol. The molecule has 0 bridgehead atoms. The van der Waals surface area contributed by atoms with E-state index in [2.05, 4.69) is 5.32 Å². The quantitative estimate of drug-likeness (QED) is 0.551. The first-order valence-corrected chi connectivity index (χ1v) is 11.4. The zero-order valence-corrected chi connectivity index (χ0v) is 18.6. The number of amides is 2. The van der Waals surface area contributed by atoms with Gasteiger partial charge in [0, 0.05) is 57.4 Å². The Morgan fingerprint density at radius 3 is 2.39 bits per heavy atom. The fraction of sp³-hybridized carbons (Fsp3) is 0.417. The first-order valence-electron chi connectivity index (χ1n) is 11.4. The van der Waals surface area contributed by atoms with Crippen molar-refractivity contribution < 1.29 is 14.5 Å². The van der Waals surface area contributed by atoms with E-state index in [0.29, 0.717) is 56.9 Å². The summed E-state index contributed by atoms with van der Waals surface area (Å²) in [6, 6.07) is 14.4. The minimum Gasteiger partial charge on any atom is -0.362 e. The molecule has 1 N–H and O–H groups in total. The number of anilines is 1. The fourth-order valence-corrected chi connectivity index (χ4v) is 4.38. The second-order valence-electron chi connectivity index (χ2n) is 8.39. The Balaban J connectivity index is 1.43. The molecule has 0 unspecified atom stereocenters. The summed E-state index contributed by atoms with van der Waals surface area (Å²) in [6.07, 6.45) is 1.21. The summed E-state index contributed by atoms with van der Waals surface area (Å²) in [5.74, 6) is -0.118. The average Bonchev–Trinajstić information content (AvgIpc) is 3.13. The molecule has 2 fully saturated rings. The van der Waals surface area contributed by atoms with Gasteiger partial charge in [-0.05, 0) is 30.7 Å². The molecule has 2 aromatic rings. The van der Waals surface area contributed by atoms with Gasteiger partial charge in [0.15, 0.2) is 0 Å². The van der Waals surface area contributed by atoms with Gasteiger partial charge < -0.3 is 20.0 Å². The Bertz CT molecular complexity index is 997. The molecular formula is C24H29N5O4. The predicted molar refractivity (Wildman–Crippen MR) is 125 cm³/mol. The van der Waals surface area contributed by atoms with Crippen LogP contribution in [0.2, 0.25) is 0 Å². The molecule has 9 heteroatoms. The summed E-state index contributed by atoms with van der Waals surface area (Å²) in [5.41, 5.74) is 1.73. The van der Waals surface area contributed by atoms with Crippen LogP contribution in [0.5, 0.6) is 0 Å². The average molecular weight is 452 g/mol. The third-order valence-corrected chi connectivity index (χ3v) is 6.22. The van der Waals surface area contributed by atoms with Gasteiger partial charge in [-0.3, -0.25) is 19.7 Å². The van der Waals surface area contributed by atoms with Crippen LogP contribution in [0.3, 0.4) is 0 Å². The van der Waals surface area contributed by atoms with Crippen LogP contribution in [0.15, 0.2) is 48.5 Å². The molecule has 9 nitrogen and oxygen atoms in total. The van der Waals surface area contributed by atoms with Crippen molar-refractivity contribution in [3.05, 3.63) is 69.8 Å². The summed E-state index contributed by atoms with van der Waals surface area (Å²) in [7, 11) is 0. The van der Waals surface area contributed by atoms with Crippen LogP contribution in [0.1, 0.15) is 22.3 Å². The zero-order valence-electron chi connectivity index (χ0n) is 18.6. The number of rotatable bonds is 5. The smallest absolute Gasteiger partial charge is 0.293 e. The van der Waals surface area contributed by atoms with Crippen molar-refractivity contribution >= 4 is 23.2 Å². The lowest BCUT2D eigenvalue weighted by Gasteiger charge is -2.36. The van der Waals surface area contributed by atoms with Gasteiger partial charge >= 0.3 is 0 Å². The van der Waals surface area contributed by atoms with Gasteiger partial charge in [0.2, 0.25) is 5.91 Å². The van der Waals surface area contributed by atoms with E-state index in [-0.39, 0.29) is 17.5 Å². The van der Waals surface area contributed by atoms with Crippen molar-refractivity contribution in [2.45, 2.75) is 12.8 Å². The number of nitro benzene ring substituents is 1. The normalized spacial score (nSPS) is 16.9. The molecule has 0 saturated carbocycles. The van der Waals surface area contributed by atoms with Crippen molar-refractivity contribution in [1.82, 2.24) is 15.1 Å². The van der Waals surface area contributed by atoms with Crippen molar-refractivity contribution in [1.29, 1.82) is 0 Å².